The van der Waals surface area contributed by atoms with E-state index >= 15 is 0 Å². The Morgan fingerprint density at radius 3 is 1.42 bits per heavy atom. The van der Waals surface area contributed by atoms with E-state index in [-0.39, 0.29) is 72.2 Å². The maximum atomic E-state index is 10.7. The summed E-state index contributed by atoms with van der Waals surface area (Å²) in [4.78, 5) is 21.3. The van der Waals surface area contributed by atoms with Gasteiger partial charge in [0, 0.05) is 35.0 Å². The number of amides is 2. The molecule has 0 N–H and O–H groups in total. The van der Waals surface area contributed by atoms with Gasteiger partial charge in [0.1, 0.15) is 12.2 Å². The fraction of sp³-hybridized carbons (Fsp3) is 0.714. The predicted octanol–water partition coefficient (Wildman–Crippen LogP) is -5.47. The molecule has 0 heterocycles. The molecule has 6 nitrogen and oxygen atoms in total. The molecule has 100 valence electrons. The van der Waals surface area contributed by atoms with Crippen molar-refractivity contribution in [2.24, 2.45) is 0 Å². The first-order chi connectivity index (χ1) is 8.02. The van der Waals surface area contributed by atoms with Crippen molar-refractivity contribution in [3.05, 3.63) is 0 Å². The third kappa shape index (κ3) is 13.3. The Balaban J connectivity index is -0.00000128. The van der Waals surface area contributed by atoms with Gasteiger partial charge in [-0.25, -0.2) is 0 Å². The van der Waals surface area contributed by atoms with Gasteiger partial charge in [-0.05, 0) is 18.9 Å². The van der Waals surface area contributed by atoms with Crippen LogP contribution >= 0.6 is 43.5 Å². The van der Waals surface area contributed by atoms with Crippen molar-refractivity contribution in [1.82, 2.24) is 8.61 Å². The summed E-state index contributed by atoms with van der Waals surface area (Å²) >= 11 is 0. The average molecular weight is 362 g/mol. The SMILES string of the molecule is CSSN(CCCN(SSC)C(=O)[O-])C(=O)[O-].[Na+].[Na+]. The molecule has 0 saturated carbocycles. The molecule has 0 spiro atoms. The van der Waals surface area contributed by atoms with E-state index in [1.165, 1.54) is 21.6 Å². The van der Waals surface area contributed by atoms with Gasteiger partial charge in [0.15, 0.2) is 0 Å². The van der Waals surface area contributed by atoms with Gasteiger partial charge in [-0.1, -0.05) is 21.6 Å². The van der Waals surface area contributed by atoms with Crippen LogP contribution in [0.15, 0.2) is 0 Å². The molecule has 0 radical (unpaired) electrons. The Morgan fingerprint density at radius 1 is 0.895 bits per heavy atom. The summed E-state index contributed by atoms with van der Waals surface area (Å²) in [6, 6.07) is 0. The Morgan fingerprint density at radius 2 is 1.21 bits per heavy atom. The van der Waals surface area contributed by atoms with E-state index in [0.717, 1.165) is 30.6 Å². The first-order valence-electron chi connectivity index (χ1n) is 4.41. The number of carbonyl (C=O) groups excluding carboxylic acids is 2. The van der Waals surface area contributed by atoms with Crippen LogP contribution in [0.5, 0.6) is 0 Å². The molecule has 0 aliphatic heterocycles. The molecule has 0 unspecified atom stereocenters. The second-order valence-corrected chi connectivity index (χ2v) is 7.31. The monoisotopic (exact) mass is 362 g/mol. The van der Waals surface area contributed by atoms with Gasteiger partial charge in [0.2, 0.25) is 0 Å². The fourth-order valence-corrected chi connectivity index (χ4v) is 3.64. The van der Waals surface area contributed by atoms with Gasteiger partial charge in [0.25, 0.3) is 0 Å². The quantitative estimate of drug-likeness (QED) is 0.240. The molecule has 19 heavy (non-hydrogen) atoms. The molecule has 0 atom stereocenters. The second kappa shape index (κ2) is 16.3. The van der Waals surface area contributed by atoms with E-state index in [2.05, 4.69) is 0 Å². The van der Waals surface area contributed by atoms with E-state index in [1.807, 2.05) is 0 Å². The molecule has 0 bridgehead atoms. The van der Waals surface area contributed by atoms with E-state index in [9.17, 15) is 19.8 Å². The molecule has 0 fully saturated rings. The first kappa shape index (κ1) is 25.9. The van der Waals surface area contributed by atoms with Crippen molar-refractivity contribution in [2.45, 2.75) is 6.42 Å². The number of nitrogens with zero attached hydrogens (tertiary/aromatic N) is 2. The number of carbonyl (C=O) groups is 2. The molecule has 0 aliphatic carbocycles. The van der Waals surface area contributed by atoms with Crippen molar-refractivity contribution in [3.8, 4) is 0 Å². The Hall–Kier alpha value is 1.94. The summed E-state index contributed by atoms with van der Waals surface area (Å²) in [6.45, 7) is 0.430. The summed E-state index contributed by atoms with van der Waals surface area (Å²) in [6.07, 6.45) is 1.34. The molecule has 0 aromatic rings. The minimum Gasteiger partial charge on any atom is -0.529 e. The summed E-state index contributed by atoms with van der Waals surface area (Å²) in [7, 11) is 4.67. The first-order valence-corrected chi connectivity index (χ1v) is 9.44. The molecule has 0 saturated heterocycles. The third-order valence-electron chi connectivity index (χ3n) is 1.46. The van der Waals surface area contributed by atoms with Crippen LogP contribution in [-0.2, 0) is 0 Å². The molecule has 0 aromatic heterocycles. The Bertz CT molecular complexity index is 241. The van der Waals surface area contributed by atoms with Crippen molar-refractivity contribution < 1.29 is 78.9 Å². The smallest absolute Gasteiger partial charge is 0.529 e. The van der Waals surface area contributed by atoms with Gasteiger partial charge in [-0.15, -0.1) is 0 Å². The van der Waals surface area contributed by atoms with Crippen LogP contribution in [0.4, 0.5) is 9.59 Å². The van der Waals surface area contributed by atoms with E-state index in [1.54, 1.807) is 12.5 Å². The molecular weight excluding hydrogens is 350 g/mol. The van der Waals surface area contributed by atoms with Gasteiger partial charge in [-0.2, -0.15) is 0 Å². The van der Waals surface area contributed by atoms with E-state index in [4.69, 9.17) is 0 Å². The van der Waals surface area contributed by atoms with Gasteiger partial charge >= 0.3 is 59.1 Å². The summed E-state index contributed by atoms with van der Waals surface area (Å²) in [5.41, 5.74) is 0. The Kier molecular flexibility index (Phi) is 22.2. The average Bonchev–Trinajstić information content (AvgIpc) is 2.26. The standard InChI is InChI=1S/C7H14N2O4S4.2Na/c1-14-16-8(6(10)11)4-3-5-9(7(12)13)17-15-2;;/h3-5H2,1-2H3,(H,10,11)(H,12,13);;/q;2*+1/p-2. The largest absolute Gasteiger partial charge is 1.00 e. The van der Waals surface area contributed by atoms with Crippen molar-refractivity contribution in [2.75, 3.05) is 25.6 Å². The summed E-state index contributed by atoms with van der Waals surface area (Å²) in [5.74, 6) is 0. The van der Waals surface area contributed by atoms with Crippen LogP contribution in [-0.4, -0.2) is 46.4 Å². The maximum Gasteiger partial charge on any atom is 1.00 e. The molecule has 12 heteroatoms. The van der Waals surface area contributed by atoms with Crippen LogP contribution in [0.1, 0.15) is 6.42 Å². The predicted molar refractivity (Wildman–Crippen MR) is 71.0 cm³/mol. The number of carboxylic acid groups (broad SMARTS) is 2. The van der Waals surface area contributed by atoms with Crippen molar-refractivity contribution >= 4 is 55.7 Å². The topological polar surface area (TPSA) is 86.7 Å². The normalized spacial score (nSPS) is 8.95. The van der Waals surface area contributed by atoms with Crippen LogP contribution in [0.2, 0.25) is 0 Å². The third-order valence-corrected chi connectivity index (χ3v) is 4.75. The minimum atomic E-state index is -1.28. The van der Waals surface area contributed by atoms with Crippen LogP contribution in [0.25, 0.3) is 0 Å². The number of rotatable bonds is 8. The second-order valence-electron chi connectivity index (χ2n) is 2.57. The van der Waals surface area contributed by atoms with Crippen LogP contribution < -0.4 is 69.3 Å². The van der Waals surface area contributed by atoms with Crippen molar-refractivity contribution in [3.63, 3.8) is 0 Å². The Labute approximate surface area is 173 Å². The van der Waals surface area contributed by atoms with Crippen LogP contribution in [0, 0.1) is 0 Å². The van der Waals surface area contributed by atoms with E-state index in [0.29, 0.717) is 6.42 Å². The van der Waals surface area contributed by atoms with Gasteiger partial charge < -0.3 is 19.8 Å². The molecule has 0 rings (SSSR count). The fourth-order valence-electron chi connectivity index (χ4n) is 0.856. The summed E-state index contributed by atoms with van der Waals surface area (Å²) < 4.78 is 2.11. The number of hydrogen-bond acceptors (Lipinski definition) is 8. The van der Waals surface area contributed by atoms with Crippen molar-refractivity contribution in [1.29, 1.82) is 0 Å². The van der Waals surface area contributed by atoms with E-state index < -0.39 is 12.2 Å². The zero-order chi connectivity index (χ0) is 13.3. The van der Waals surface area contributed by atoms with Gasteiger partial charge in [0.05, 0.1) is 0 Å². The number of hydrogen-bond donors (Lipinski definition) is 0. The summed E-state index contributed by atoms with van der Waals surface area (Å²) in [5, 5.41) is 21.3. The molecule has 0 aliphatic rings. The maximum absolute atomic E-state index is 10.7. The zero-order valence-electron chi connectivity index (χ0n) is 11.3. The minimum absolute atomic E-state index is 0. The molecule has 2 amide bonds. The molecule has 0 aromatic carbocycles. The van der Waals surface area contributed by atoms with Crippen LogP contribution in [0.3, 0.4) is 0 Å². The zero-order valence-corrected chi connectivity index (χ0v) is 18.5. The molecular formula is C7H12N2Na2O4S4. The van der Waals surface area contributed by atoms with Gasteiger partial charge in [-0.3, -0.25) is 8.61 Å².